The number of alkyl halides is 3. The predicted octanol–water partition coefficient (Wildman–Crippen LogP) is 4.34. The number of fused-ring (bicyclic) bond motifs is 1. The summed E-state index contributed by atoms with van der Waals surface area (Å²) in [4.78, 5) is 12.3. The van der Waals surface area contributed by atoms with Gasteiger partial charge in [-0.2, -0.15) is 13.2 Å². The molecule has 11 heteroatoms. The van der Waals surface area contributed by atoms with Crippen LogP contribution in [0.2, 0.25) is 0 Å². The summed E-state index contributed by atoms with van der Waals surface area (Å²) in [5, 5.41) is 10.6. The highest BCUT2D eigenvalue weighted by Crippen LogP contribution is 2.44. The topological polar surface area (TPSA) is 90.1 Å². The maximum Gasteiger partial charge on any atom is 0.432 e. The molecule has 3 rings (SSSR count). The van der Waals surface area contributed by atoms with E-state index in [0.29, 0.717) is 0 Å². The van der Waals surface area contributed by atoms with Crippen molar-refractivity contribution in [1.29, 1.82) is 0 Å². The van der Waals surface area contributed by atoms with Gasteiger partial charge in [0.15, 0.2) is 0 Å². The van der Waals surface area contributed by atoms with Gasteiger partial charge in [-0.05, 0) is 24.6 Å². The molecule has 0 amide bonds. The van der Waals surface area contributed by atoms with E-state index in [4.69, 9.17) is 0 Å². The Balaban J connectivity index is 2.28. The second kappa shape index (κ2) is 9.31. The minimum atomic E-state index is -5.34. The van der Waals surface area contributed by atoms with E-state index in [1.54, 1.807) is 30.3 Å². The van der Waals surface area contributed by atoms with Gasteiger partial charge in [0.05, 0.1) is 12.1 Å². The number of carbonyl (C=O) groups is 1. The Hall–Kier alpha value is -2.89. The first kappa shape index (κ1) is 23.8. The number of esters is 1. The van der Waals surface area contributed by atoms with E-state index in [1.807, 2.05) is 0 Å². The van der Waals surface area contributed by atoms with E-state index in [9.17, 15) is 27.3 Å². The normalized spacial score (nSPS) is 14.9. The molecule has 0 aliphatic heterocycles. The number of benzene rings is 2. The number of nitrogens with zero attached hydrogens (tertiary/aromatic N) is 2. The smallest absolute Gasteiger partial charge is 0.432 e. The Morgan fingerprint density at radius 1 is 1.19 bits per heavy atom. The van der Waals surface area contributed by atoms with Crippen LogP contribution in [0.3, 0.4) is 0 Å². The summed E-state index contributed by atoms with van der Waals surface area (Å²) in [6, 6.07) is 12.9. The van der Waals surface area contributed by atoms with Crippen molar-refractivity contribution in [2.24, 2.45) is 4.36 Å². The highest BCUT2D eigenvalue weighted by Gasteiger charge is 2.63. The average Bonchev–Trinajstić information content (AvgIpc) is 3.11. The molecule has 0 spiro atoms. The fourth-order valence-corrected chi connectivity index (χ4v) is 3.63. The summed E-state index contributed by atoms with van der Waals surface area (Å²) >= 11 is 0. The maximum atomic E-state index is 14.0. The second-order valence-corrected chi connectivity index (χ2v) is 7.71. The number of ether oxygens (including phenoxy) is 1. The van der Waals surface area contributed by atoms with Gasteiger partial charge in [0.2, 0.25) is 0 Å². The molecule has 0 bridgehead atoms. The molecule has 0 aliphatic carbocycles. The molecule has 2 aromatic carbocycles. The van der Waals surface area contributed by atoms with Gasteiger partial charge < -0.3 is 27.2 Å². The van der Waals surface area contributed by atoms with Crippen LogP contribution >= 0.6 is 0 Å². The minimum Gasteiger partial charge on any atom is -0.463 e. The molecular formula is C21H20F3N2O5S-. The van der Waals surface area contributed by atoms with Gasteiger partial charge in [-0.15, -0.1) is 0 Å². The molecule has 0 aliphatic rings. The van der Waals surface area contributed by atoms with Crippen molar-refractivity contribution in [2.45, 2.75) is 25.2 Å². The zero-order valence-electron chi connectivity index (χ0n) is 17.1. The molecular weight excluding hydrogens is 449 g/mol. The number of aromatic nitrogens is 1. The molecule has 1 atom stereocenters. The monoisotopic (exact) mass is 469 g/mol. The molecule has 172 valence electrons. The fraction of sp³-hybridized carbons (Fsp3) is 0.286. The summed E-state index contributed by atoms with van der Waals surface area (Å²) in [6.45, 7) is 1.15. The van der Waals surface area contributed by atoms with Crippen LogP contribution in [0, 0.1) is 0 Å². The first-order valence-electron chi connectivity index (χ1n) is 9.43. The first-order valence-corrected chi connectivity index (χ1v) is 10.5. The van der Waals surface area contributed by atoms with E-state index in [0.717, 1.165) is 11.8 Å². The molecule has 0 radical (unpaired) electrons. The number of rotatable bonds is 7. The Kier molecular flexibility index (Phi) is 6.91. The van der Waals surface area contributed by atoms with Crippen LogP contribution < -0.4 is 0 Å². The molecule has 0 saturated heterocycles. The van der Waals surface area contributed by atoms with E-state index >= 15 is 0 Å². The largest absolute Gasteiger partial charge is 0.463 e. The molecule has 7 nitrogen and oxygen atoms in total. The average molecular weight is 469 g/mol. The van der Waals surface area contributed by atoms with Crippen LogP contribution in [0.1, 0.15) is 18.1 Å². The molecule has 1 N–H and O–H groups in total. The molecule has 1 heterocycles. The summed E-state index contributed by atoms with van der Waals surface area (Å²) < 4.78 is 68.0. The van der Waals surface area contributed by atoms with E-state index in [2.05, 4.69) is 13.3 Å². The van der Waals surface area contributed by atoms with Crippen molar-refractivity contribution in [2.75, 3.05) is 13.7 Å². The van der Waals surface area contributed by atoms with Gasteiger partial charge in [0.1, 0.15) is 0 Å². The van der Waals surface area contributed by atoms with Crippen molar-refractivity contribution in [3.63, 3.8) is 0 Å². The summed E-state index contributed by atoms with van der Waals surface area (Å²) in [7, 11) is -0.796. The van der Waals surface area contributed by atoms with Crippen molar-refractivity contribution in [3.8, 4) is 0 Å². The van der Waals surface area contributed by atoms with Gasteiger partial charge in [-0.25, -0.2) is 4.79 Å². The SMILES string of the molecule is CCOC(=O)C(O)(c1cn(Cc2ccccc2)c2cc(N=[S-](=O)OC)ccc12)C(F)(F)F. The Morgan fingerprint density at radius 3 is 2.47 bits per heavy atom. The first-order chi connectivity index (χ1) is 15.1. The quantitative estimate of drug-likeness (QED) is 0.411. The zero-order valence-corrected chi connectivity index (χ0v) is 17.9. The summed E-state index contributed by atoms with van der Waals surface area (Å²) in [6.07, 6.45) is -4.27. The van der Waals surface area contributed by atoms with Crippen molar-refractivity contribution < 1.29 is 36.2 Å². The Bertz CT molecular complexity index is 1200. The minimum absolute atomic E-state index is 0.0315. The van der Waals surface area contributed by atoms with Crippen LogP contribution in [-0.4, -0.2) is 35.5 Å². The molecule has 1 unspecified atom stereocenters. The third-order valence-electron chi connectivity index (χ3n) is 4.75. The number of hydrogen-bond donors (Lipinski definition) is 1. The van der Waals surface area contributed by atoms with Gasteiger partial charge in [-0.3, -0.25) is 0 Å². The third kappa shape index (κ3) is 4.50. The third-order valence-corrected chi connectivity index (χ3v) is 5.40. The summed E-state index contributed by atoms with van der Waals surface area (Å²) in [5.74, 6) is -1.82. The number of carbonyl (C=O) groups excluding carboxylic acids is 1. The van der Waals surface area contributed by atoms with Gasteiger partial charge in [0.25, 0.3) is 5.60 Å². The van der Waals surface area contributed by atoms with Gasteiger partial charge in [0, 0.05) is 36.5 Å². The van der Waals surface area contributed by atoms with Crippen LogP contribution in [0.25, 0.3) is 10.9 Å². The second-order valence-electron chi connectivity index (χ2n) is 6.76. The van der Waals surface area contributed by atoms with Crippen molar-refractivity contribution in [3.05, 3.63) is 65.9 Å². The molecule has 0 fully saturated rings. The van der Waals surface area contributed by atoms with Crippen LogP contribution in [0.5, 0.6) is 0 Å². The Morgan fingerprint density at radius 2 is 1.88 bits per heavy atom. The van der Waals surface area contributed by atoms with E-state index < -0.39 is 34.2 Å². The lowest BCUT2D eigenvalue weighted by Gasteiger charge is -2.27. The highest BCUT2D eigenvalue weighted by molar-refractivity contribution is 7.69. The van der Waals surface area contributed by atoms with Gasteiger partial charge >= 0.3 is 12.1 Å². The zero-order chi connectivity index (χ0) is 23.5. The van der Waals surface area contributed by atoms with Crippen molar-refractivity contribution >= 4 is 33.4 Å². The van der Waals surface area contributed by atoms with Crippen LogP contribution in [0.4, 0.5) is 18.9 Å². The van der Waals surface area contributed by atoms with E-state index in [-0.39, 0.29) is 29.7 Å². The maximum absolute atomic E-state index is 14.0. The predicted molar refractivity (Wildman–Crippen MR) is 111 cm³/mol. The lowest BCUT2D eigenvalue weighted by atomic mass is 9.92. The number of halogens is 3. The van der Waals surface area contributed by atoms with Gasteiger partial charge in [-0.1, -0.05) is 47.3 Å². The number of aliphatic hydroxyl groups is 1. The molecule has 3 aromatic rings. The molecule has 32 heavy (non-hydrogen) atoms. The van der Waals surface area contributed by atoms with E-state index in [1.165, 1.54) is 36.8 Å². The van der Waals surface area contributed by atoms with Crippen molar-refractivity contribution in [1.82, 2.24) is 4.57 Å². The molecule has 0 saturated carbocycles. The lowest BCUT2D eigenvalue weighted by molar-refractivity contribution is -0.267. The fourth-order valence-electron chi connectivity index (χ4n) is 3.27. The number of hydrogen-bond acceptors (Lipinski definition) is 7. The highest BCUT2D eigenvalue weighted by atomic mass is 32.2. The summed E-state index contributed by atoms with van der Waals surface area (Å²) in [5.41, 5.74) is -3.36. The Labute approximate surface area is 183 Å². The van der Waals surface area contributed by atoms with Crippen LogP contribution in [0.15, 0.2) is 59.1 Å². The molecule has 1 aromatic heterocycles. The lowest BCUT2D eigenvalue weighted by Crippen LogP contribution is -2.50. The standard InChI is InChI=1S/C21H20F3N2O5S/c1-3-31-19(27)20(28,21(22,23)24)17-13-26(12-14-7-5-4-6-8-14)18-11-15(9-10-16(17)18)25-32(29)30-2/h4-11,13,28H,3,12H2,1-2H3/q-1. The van der Waals surface area contributed by atoms with Crippen LogP contribution in [-0.2, 0) is 40.9 Å².